The Labute approximate surface area is 122 Å². The summed E-state index contributed by atoms with van der Waals surface area (Å²) in [5.41, 5.74) is 1.26. The van der Waals surface area contributed by atoms with Gasteiger partial charge in [-0.1, -0.05) is 32.0 Å². The lowest BCUT2D eigenvalue weighted by molar-refractivity contribution is 0.119. The van der Waals surface area contributed by atoms with Gasteiger partial charge in [-0.2, -0.15) is 0 Å². The molecule has 1 heterocycles. The van der Waals surface area contributed by atoms with Crippen LogP contribution in [0.1, 0.15) is 44.6 Å². The van der Waals surface area contributed by atoms with Crippen LogP contribution in [0.3, 0.4) is 0 Å². The number of fused-ring (bicyclic) bond motifs is 1. The Morgan fingerprint density at radius 1 is 1.30 bits per heavy atom. The number of para-hydroxylation sites is 1. The van der Waals surface area contributed by atoms with Crippen molar-refractivity contribution in [3.8, 4) is 5.75 Å². The first kappa shape index (κ1) is 15.3. The standard InChI is InChI=1S/C17H27NO2/c1-3-18(4-2)11-9-15(19)13-14-10-12-20-17-8-6-5-7-16(14)17/h5-8,14-15,19H,3-4,9-13H2,1-2H3. The predicted octanol–water partition coefficient (Wildman–Crippen LogP) is 3.04. The summed E-state index contributed by atoms with van der Waals surface area (Å²) in [7, 11) is 0. The second-order valence-corrected chi connectivity index (χ2v) is 5.58. The van der Waals surface area contributed by atoms with Crippen molar-refractivity contribution in [3.63, 3.8) is 0 Å². The molecule has 20 heavy (non-hydrogen) atoms. The topological polar surface area (TPSA) is 32.7 Å². The zero-order valence-electron chi connectivity index (χ0n) is 12.7. The molecular weight excluding hydrogens is 250 g/mol. The van der Waals surface area contributed by atoms with E-state index in [0.29, 0.717) is 5.92 Å². The Bertz CT molecular complexity index is 404. The van der Waals surface area contributed by atoms with Gasteiger partial charge < -0.3 is 14.7 Å². The fourth-order valence-corrected chi connectivity index (χ4v) is 2.98. The van der Waals surface area contributed by atoms with Gasteiger partial charge in [0.05, 0.1) is 12.7 Å². The number of hydrogen-bond donors (Lipinski definition) is 1. The van der Waals surface area contributed by atoms with E-state index in [1.165, 1.54) is 5.56 Å². The van der Waals surface area contributed by atoms with E-state index >= 15 is 0 Å². The van der Waals surface area contributed by atoms with Gasteiger partial charge in [-0.3, -0.25) is 0 Å². The number of nitrogens with zero attached hydrogens (tertiary/aromatic N) is 1. The summed E-state index contributed by atoms with van der Waals surface area (Å²) >= 11 is 0. The molecule has 0 saturated heterocycles. The van der Waals surface area contributed by atoms with Gasteiger partial charge in [0, 0.05) is 6.54 Å². The van der Waals surface area contributed by atoms with Gasteiger partial charge in [0.15, 0.2) is 0 Å². The molecule has 112 valence electrons. The van der Waals surface area contributed by atoms with Gasteiger partial charge in [-0.05, 0) is 49.9 Å². The molecule has 0 bridgehead atoms. The van der Waals surface area contributed by atoms with Crippen LogP contribution in [-0.4, -0.2) is 42.4 Å². The summed E-state index contributed by atoms with van der Waals surface area (Å²) in [4.78, 5) is 2.36. The van der Waals surface area contributed by atoms with Crippen LogP contribution in [0.4, 0.5) is 0 Å². The second kappa shape index (κ2) is 7.65. The molecule has 2 unspecified atom stereocenters. The zero-order chi connectivity index (χ0) is 14.4. The quantitative estimate of drug-likeness (QED) is 0.831. The molecule has 1 aliphatic heterocycles. The predicted molar refractivity (Wildman–Crippen MR) is 82.3 cm³/mol. The highest BCUT2D eigenvalue weighted by molar-refractivity contribution is 5.37. The van der Waals surface area contributed by atoms with Gasteiger partial charge in [-0.25, -0.2) is 0 Å². The Morgan fingerprint density at radius 2 is 2.05 bits per heavy atom. The SMILES string of the molecule is CCN(CC)CCC(O)CC1CCOc2ccccc21. The molecule has 0 amide bonds. The number of rotatable bonds is 7. The van der Waals surface area contributed by atoms with Crippen LogP contribution < -0.4 is 4.74 Å². The zero-order valence-corrected chi connectivity index (χ0v) is 12.7. The molecule has 0 radical (unpaired) electrons. The third-order valence-corrected chi connectivity index (χ3v) is 4.31. The highest BCUT2D eigenvalue weighted by Crippen LogP contribution is 2.36. The Hall–Kier alpha value is -1.06. The highest BCUT2D eigenvalue weighted by Gasteiger charge is 2.23. The molecule has 1 aromatic carbocycles. The van der Waals surface area contributed by atoms with Gasteiger partial charge in [0.1, 0.15) is 5.75 Å². The molecule has 0 saturated carbocycles. The first-order valence-corrected chi connectivity index (χ1v) is 7.86. The highest BCUT2D eigenvalue weighted by atomic mass is 16.5. The molecule has 0 spiro atoms. The lowest BCUT2D eigenvalue weighted by Gasteiger charge is -2.28. The molecule has 1 N–H and O–H groups in total. The summed E-state index contributed by atoms with van der Waals surface area (Å²) < 4.78 is 5.68. The summed E-state index contributed by atoms with van der Waals surface area (Å²) in [6.07, 6.45) is 2.51. The largest absolute Gasteiger partial charge is 0.493 e. The minimum absolute atomic E-state index is 0.216. The van der Waals surface area contributed by atoms with Gasteiger partial charge in [0.25, 0.3) is 0 Å². The molecule has 3 nitrogen and oxygen atoms in total. The van der Waals surface area contributed by atoms with Gasteiger partial charge in [-0.15, -0.1) is 0 Å². The first-order valence-electron chi connectivity index (χ1n) is 7.86. The van der Waals surface area contributed by atoms with E-state index < -0.39 is 0 Å². The minimum atomic E-state index is -0.216. The van der Waals surface area contributed by atoms with Crippen molar-refractivity contribution < 1.29 is 9.84 Å². The van der Waals surface area contributed by atoms with Crippen molar-refractivity contribution in [2.24, 2.45) is 0 Å². The van der Waals surface area contributed by atoms with Crippen LogP contribution in [0, 0.1) is 0 Å². The lowest BCUT2D eigenvalue weighted by Crippen LogP contribution is -2.28. The van der Waals surface area contributed by atoms with E-state index in [0.717, 1.165) is 51.3 Å². The van der Waals surface area contributed by atoms with Crippen molar-refractivity contribution in [1.82, 2.24) is 4.90 Å². The fraction of sp³-hybridized carbons (Fsp3) is 0.647. The van der Waals surface area contributed by atoms with E-state index in [2.05, 4.69) is 30.9 Å². The number of aliphatic hydroxyl groups excluding tert-OH is 1. The van der Waals surface area contributed by atoms with Crippen molar-refractivity contribution in [2.75, 3.05) is 26.2 Å². The second-order valence-electron chi connectivity index (χ2n) is 5.58. The summed E-state index contributed by atoms with van der Waals surface area (Å²) in [6.45, 7) is 8.21. The van der Waals surface area contributed by atoms with Crippen molar-refractivity contribution in [3.05, 3.63) is 29.8 Å². The number of hydrogen-bond acceptors (Lipinski definition) is 3. The maximum Gasteiger partial charge on any atom is 0.122 e. The molecule has 2 atom stereocenters. The monoisotopic (exact) mass is 277 g/mol. The normalized spacial score (nSPS) is 19.5. The molecule has 3 heteroatoms. The molecule has 0 aliphatic carbocycles. The third-order valence-electron chi connectivity index (χ3n) is 4.31. The van der Waals surface area contributed by atoms with Crippen LogP contribution >= 0.6 is 0 Å². The van der Waals surface area contributed by atoms with Gasteiger partial charge >= 0.3 is 0 Å². The summed E-state index contributed by atoms with van der Waals surface area (Å²) in [5, 5.41) is 10.3. The third kappa shape index (κ3) is 3.97. The molecular formula is C17H27NO2. The van der Waals surface area contributed by atoms with Crippen molar-refractivity contribution in [1.29, 1.82) is 0 Å². The van der Waals surface area contributed by atoms with E-state index in [1.807, 2.05) is 12.1 Å². The first-order chi connectivity index (χ1) is 9.74. The van der Waals surface area contributed by atoms with Crippen molar-refractivity contribution in [2.45, 2.75) is 45.1 Å². The Morgan fingerprint density at radius 3 is 2.80 bits per heavy atom. The number of ether oxygens (including phenoxy) is 1. The van der Waals surface area contributed by atoms with Crippen LogP contribution in [0.25, 0.3) is 0 Å². The fourth-order valence-electron chi connectivity index (χ4n) is 2.98. The number of aliphatic hydroxyl groups is 1. The lowest BCUT2D eigenvalue weighted by atomic mass is 9.87. The van der Waals surface area contributed by atoms with Gasteiger partial charge in [0.2, 0.25) is 0 Å². The Kier molecular flexibility index (Phi) is 5.86. The van der Waals surface area contributed by atoms with Crippen LogP contribution in [0.2, 0.25) is 0 Å². The maximum absolute atomic E-state index is 10.3. The summed E-state index contributed by atoms with van der Waals surface area (Å²) in [5.74, 6) is 1.44. The molecule has 1 aromatic rings. The molecule has 0 fully saturated rings. The van der Waals surface area contributed by atoms with Crippen LogP contribution in [0.5, 0.6) is 5.75 Å². The molecule has 1 aliphatic rings. The average Bonchev–Trinajstić information content (AvgIpc) is 2.49. The van der Waals surface area contributed by atoms with E-state index in [9.17, 15) is 5.11 Å². The van der Waals surface area contributed by atoms with E-state index in [4.69, 9.17) is 4.74 Å². The van der Waals surface area contributed by atoms with Crippen LogP contribution in [0.15, 0.2) is 24.3 Å². The number of benzene rings is 1. The van der Waals surface area contributed by atoms with Crippen LogP contribution in [-0.2, 0) is 0 Å². The van der Waals surface area contributed by atoms with E-state index in [-0.39, 0.29) is 6.10 Å². The maximum atomic E-state index is 10.3. The summed E-state index contributed by atoms with van der Waals surface area (Å²) in [6, 6.07) is 8.24. The molecule has 2 rings (SSSR count). The Balaban J connectivity index is 1.87. The minimum Gasteiger partial charge on any atom is -0.493 e. The average molecular weight is 277 g/mol. The smallest absolute Gasteiger partial charge is 0.122 e. The molecule has 0 aromatic heterocycles. The van der Waals surface area contributed by atoms with E-state index in [1.54, 1.807) is 0 Å². The van der Waals surface area contributed by atoms with Crippen molar-refractivity contribution >= 4 is 0 Å².